The van der Waals surface area contributed by atoms with Crippen molar-refractivity contribution in [1.82, 2.24) is 14.5 Å². The number of carbonyl (C=O) groups is 1. The maximum atomic E-state index is 13.8. The molecule has 0 atom stereocenters. The molecule has 9 heteroatoms. The number of hydrogen-bond donors (Lipinski definition) is 0. The molecule has 6 nitrogen and oxygen atoms in total. The van der Waals surface area contributed by atoms with E-state index in [1.165, 1.54) is 10.6 Å². The Labute approximate surface area is 188 Å². The topological polar surface area (TPSA) is 56.6 Å². The summed E-state index contributed by atoms with van der Waals surface area (Å²) in [7, 11) is 0. The van der Waals surface area contributed by atoms with Crippen LogP contribution in [0.5, 0.6) is 11.6 Å². The Kier molecular flexibility index (Phi) is 5.07. The highest BCUT2D eigenvalue weighted by molar-refractivity contribution is 5.96. The van der Waals surface area contributed by atoms with Gasteiger partial charge >= 0.3 is 6.18 Å². The smallest absolute Gasteiger partial charge is 0.431 e. The lowest BCUT2D eigenvalue weighted by Crippen LogP contribution is -2.50. The van der Waals surface area contributed by atoms with E-state index in [1.807, 2.05) is 6.92 Å². The van der Waals surface area contributed by atoms with E-state index in [0.717, 1.165) is 6.07 Å². The maximum absolute atomic E-state index is 13.8. The van der Waals surface area contributed by atoms with Gasteiger partial charge < -0.3 is 18.9 Å². The molecule has 172 valence electrons. The van der Waals surface area contributed by atoms with Crippen molar-refractivity contribution in [3.05, 3.63) is 71.7 Å². The molecule has 1 amide bonds. The zero-order valence-corrected chi connectivity index (χ0v) is 17.9. The molecule has 33 heavy (non-hydrogen) atoms. The molecule has 0 saturated carbocycles. The van der Waals surface area contributed by atoms with Gasteiger partial charge in [0.25, 0.3) is 5.91 Å². The van der Waals surface area contributed by atoms with E-state index < -0.39 is 17.5 Å². The molecule has 2 aliphatic heterocycles. The number of ether oxygens (including phenoxy) is 2. The van der Waals surface area contributed by atoms with Crippen LogP contribution in [-0.2, 0) is 11.8 Å². The lowest BCUT2D eigenvalue weighted by Gasteiger charge is -2.45. The fourth-order valence-electron chi connectivity index (χ4n) is 4.67. The van der Waals surface area contributed by atoms with Crippen molar-refractivity contribution < 1.29 is 27.4 Å². The van der Waals surface area contributed by atoms with Gasteiger partial charge in [0.15, 0.2) is 5.60 Å². The number of carbonyl (C=O) groups excluding carboxylic acids is 1. The van der Waals surface area contributed by atoms with Gasteiger partial charge in [-0.15, -0.1) is 0 Å². The van der Waals surface area contributed by atoms with Crippen molar-refractivity contribution >= 4 is 5.91 Å². The van der Waals surface area contributed by atoms with Gasteiger partial charge in [-0.1, -0.05) is 12.1 Å². The molecule has 0 radical (unpaired) electrons. The Bertz CT molecular complexity index is 1200. The van der Waals surface area contributed by atoms with E-state index in [-0.39, 0.29) is 11.8 Å². The van der Waals surface area contributed by atoms with E-state index >= 15 is 0 Å². The number of benzene rings is 1. The Morgan fingerprint density at radius 2 is 1.88 bits per heavy atom. The van der Waals surface area contributed by atoms with Crippen LogP contribution >= 0.6 is 0 Å². The summed E-state index contributed by atoms with van der Waals surface area (Å²) in [6.07, 6.45) is -2.22. The first-order chi connectivity index (χ1) is 15.8. The monoisotopic (exact) mass is 457 g/mol. The summed E-state index contributed by atoms with van der Waals surface area (Å²) in [4.78, 5) is 19.0. The number of aromatic nitrogens is 2. The zero-order chi connectivity index (χ0) is 23.2. The number of likely N-dealkylation sites (tertiary alicyclic amines) is 1. The number of amides is 1. The van der Waals surface area contributed by atoms with E-state index in [4.69, 9.17) is 9.47 Å². The number of pyridine rings is 1. The maximum Gasteiger partial charge on any atom is 0.431 e. The van der Waals surface area contributed by atoms with Crippen LogP contribution in [0.3, 0.4) is 0 Å². The molecule has 1 aromatic carbocycles. The fraction of sp³-hybridized carbons (Fsp3) is 0.333. The highest BCUT2D eigenvalue weighted by Gasteiger charge is 2.48. The Balaban J connectivity index is 1.46. The van der Waals surface area contributed by atoms with Gasteiger partial charge in [0.2, 0.25) is 5.88 Å². The Morgan fingerprint density at radius 1 is 1.12 bits per heavy atom. The standard InChI is InChI=1S/C24H22F3N3O3/c1-2-32-21-16(6-5-13-28-21)22(31)29-14-11-23(12-15-29)19-9-10-20(24(25,26)27)30(19)17-7-3-4-8-18(17)33-23/h3-10,13H,2,11-12,14-15H2,1H3. The number of rotatable bonds is 3. The van der Waals surface area contributed by atoms with Gasteiger partial charge in [-0.2, -0.15) is 13.2 Å². The van der Waals surface area contributed by atoms with Gasteiger partial charge in [-0.3, -0.25) is 4.79 Å². The first-order valence-electron chi connectivity index (χ1n) is 10.8. The van der Waals surface area contributed by atoms with Crippen LogP contribution in [0, 0.1) is 0 Å². The van der Waals surface area contributed by atoms with Crippen LogP contribution in [0.2, 0.25) is 0 Å². The number of halogens is 3. The number of hydrogen-bond acceptors (Lipinski definition) is 4. The number of fused-ring (bicyclic) bond motifs is 4. The summed E-state index contributed by atoms with van der Waals surface area (Å²) in [5.41, 5.74) is -0.495. The van der Waals surface area contributed by atoms with Crippen molar-refractivity contribution in [3.63, 3.8) is 0 Å². The molecule has 1 saturated heterocycles. The second-order valence-electron chi connectivity index (χ2n) is 8.08. The average Bonchev–Trinajstić information content (AvgIpc) is 3.27. The predicted molar refractivity (Wildman–Crippen MR) is 114 cm³/mol. The zero-order valence-electron chi connectivity index (χ0n) is 17.9. The normalized spacial score (nSPS) is 16.7. The highest BCUT2D eigenvalue weighted by Crippen LogP contribution is 2.48. The summed E-state index contributed by atoms with van der Waals surface area (Å²) in [5.74, 6) is 0.457. The minimum atomic E-state index is -4.50. The summed E-state index contributed by atoms with van der Waals surface area (Å²) in [6.45, 7) is 2.85. The minimum Gasteiger partial charge on any atom is -0.479 e. The van der Waals surface area contributed by atoms with Crippen molar-refractivity contribution in [1.29, 1.82) is 0 Å². The SMILES string of the molecule is CCOc1ncccc1C(=O)N1CCC2(CC1)Oc1ccccc1-n1c(C(F)(F)F)ccc12. The molecular weight excluding hydrogens is 435 g/mol. The molecule has 2 aliphatic rings. The van der Waals surface area contributed by atoms with Gasteiger partial charge in [0.1, 0.15) is 17.0 Å². The van der Waals surface area contributed by atoms with Gasteiger partial charge in [-0.05, 0) is 43.3 Å². The molecule has 2 aromatic heterocycles. The molecule has 5 rings (SSSR count). The first kappa shape index (κ1) is 21.4. The molecular formula is C24H22F3N3O3. The van der Waals surface area contributed by atoms with Gasteiger partial charge in [0.05, 0.1) is 18.0 Å². The predicted octanol–water partition coefficient (Wildman–Crippen LogP) is 4.81. The van der Waals surface area contributed by atoms with Crippen molar-refractivity contribution in [2.75, 3.05) is 19.7 Å². The minimum absolute atomic E-state index is 0.219. The molecule has 1 spiro atoms. The lowest BCUT2D eigenvalue weighted by molar-refractivity contribution is -0.143. The second-order valence-corrected chi connectivity index (χ2v) is 8.08. The quantitative estimate of drug-likeness (QED) is 0.566. The molecule has 0 aliphatic carbocycles. The lowest BCUT2D eigenvalue weighted by atomic mass is 9.86. The van der Waals surface area contributed by atoms with E-state index in [0.29, 0.717) is 55.2 Å². The molecule has 3 aromatic rings. The van der Waals surface area contributed by atoms with E-state index in [1.54, 1.807) is 47.5 Å². The summed E-state index contributed by atoms with van der Waals surface area (Å²) in [6, 6.07) is 12.7. The first-order valence-corrected chi connectivity index (χ1v) is 10.8. The number of alkyl halides is 3. The van der Waals surface area contributed by atoms with Crippen LogP contribution in [0.25, 0.3) is 5.69 Å². The van der Waals surface area contributed by atoms with Crippen LogP contribution in [-0.4, -0.2) is 40.1 Å². The Hall–Kier alpha value is -3.49. The van der Waals surface area contributed by atoms with E-state index in [2.05, 4.69) is 4.98 Å². The van der Waals surface area contributed by atoms with Crippen molar-refractivity contribution in [3.8, 4) is 17.3 Å². The van der Waals surface area contributed by atoms with E-state index in [9.17, 15) is 18.0 Å². The van der Waals surface area contributed by atoms with Gasteiger partial charge in [0, 0.05) is 32.1 Å². The van der Waals surface area contributed by atoms with Crippen LogP contribution < -0.4 is 9.47 Å². The number of nitrogens with zero attached hydrogens (tertiary/aromatic N) is 3. The third-order valence-electron chi connectivity index (χ3n) is 6.19. The molecule has 0 bridgehead atoms. The van der Waals surface area contributed by atoms with Crippen molar-refractivity contribution in [2.24, 2.45) is 0 Å². The third kappa shape index (κ3) is 3.51. The highest BCUT2D eigenvalue weighted by atomic mass is 19.4. The van der Waals surface area contributed by atoms with Gasteiger partial charge in [-0.25, -0.2) is 4.98 Å². The second kappa shape index (κ2) is 7.83. The molecule has 0 N–H and O–H groups in total. The molecule has 0 unspecified atom stereocenters. The summed E-state index contributed by atoms with van der Waals surface area (Å²) >= 11 is 0. The van der Waals surface area contributed by atoms with Crippen LogP contribution in [0.4, 0.5) is 13.2 Å². The van der Waals surface area contributed by atoms with Crippen molar-refractivity contribution in [2.45, 2.75) is 31.5 Å². The largest absolute Gasteiger partial charge is 0.479 e. The molecule has 1 fully saturated rings. The number of para-hydroxylation sites is 2. The van der Waals surface area contributed by atoms with Crippen LogP contribution in [0.1, 0.15) is 41.5 Å². The average molecular weight is 457 g/mol. The fourth-order valence-corrected chi connectivity index (χ4v) is 4.67. The summed E-state index contributed by atoms with van der Waals surface area (Å²) < 4.78 is 54.4. The summed E-state index contributed by atoms with van der Waals surface area (Å²) in [5, 5.41) is 0. The van der Waals surface area contributed by atoms with Crippen LogP contribution in [0.15, 0.2) is 54.7 Å². The third-order valence-corrected chi connectivity index (χ3v) is 6.19. The number of piperidine rings is 1. The molecule has 4 heterocycles. The Morgan fingerprint density at radius 3 is 2.61 bits per heavy atom.